The van der Waals surface area contributed by atoms with E-state index in [1.165, 1.54) is 0 Å². The van der Waals surface area contributed by atoms with Crippen molar-refractivity contribution in [2.75, 3.05) is 34.0 Å². The van der Waals surface area contributed by atoms with Crippen molar-refractivity contribution >= 4 is 0 Å². The highest BCUT2D eigenvalue weighted by Gasteiger charge is 2.18. The van der Waals surface area contributed by atoms with Crippen molar-refractivity contribution in [1.82, 2.24) is 0 Å². The van der Waals surface area contributed by atoms with E-state index in [2.05, 4.69) is 0 Å². The molecular formula is C12H16O5. The lowest BCUT2D eigenvalue weighted by molar-refractivity contribution is -0.0687. The van der Waals surface area contributed by atoms with Gasteiger partial charge >= 0.3 is 0 Å². The van der Waals surface area contributed by atoms with E-state index in [4.69, 9.17) is 23.7 Å². The Balaban J connectivity index is 2.03. The van der Waals surface area contributed by atoms with Crippen LogP contribution in [0.3, 0.4) is 0 Å². The van der Waals surface area contributed by atoms with E-state index in [0.717, 1.165) is 0 Å². The summed E-state index contributed by atoms with van der Waals surface area (Å²) in [5.74, 6) is 1.83. The topological polar surface area (TPSA) is 46.2 Å². The van der Waals surface area contributed by atoms with Crippen LogP contribution in [0.25, 0.3) is 0 Å². The van der Waals surface area contributed by atoms with Gasteiger partial charge in [-0.1, -0.05) is 6.07 Å². The number of hydrogen-bond acceptors (Lipinski definition) is 5. The molecule has 0 saturated carbocycles. The Kier molecular flexibility index (Phi) is 4.06. The summed E-state index contributed by atoms with van der Waals surface area (Å²) >= 11 is 0. The highest BCUT2D eigenvalue weighted by atomic mass is 16.7. The second-order valence-electron chi connectivity index (χ2n) is 3.47. The third kappa shape index (κ3) is 2.81. The molecule has 0 aliphatic carbocycles. The van der Waals surface area contributed by atoms with Gasteiger partial charge in [0.25, 0.3) is 0 Å². The van der Waals surface area contributed by atoms with Crippen LogP contribution in [0.1, 0.15) is 0 Å². The van der Waals surface area contributed by atoms with Crippen LogP contribution >= 0.6 is 0 Å². The van der Waals surface area contributed by atoms with Gasteiger partial charge in [-0.15, -0.1) is 0 Å². The number of methoxy groups -OCH3 is 2. The second-order valence-corrected chi connectivity index (χ2v) is 3.47. The van der Waals surface area contributed by atoms with E-state index in [9.17, 15) is 0 Å². The Morgan fingerprint density at radius 2 is 1.82 bits per heavy atom. The van der Waals surface area contributed by atoms with Crippen LogP contribution in [0.4, 0.5) is 0 Å². The Hall–Kier alpha value is -1.46. The summed E-state index contributed by atoms with van der Waals surface area (Å²) < 4.78 is 26.6. The molecule has 0 bridgehead atoms. The molecule has 5 nitrogen and oxygen atoms in total. The van der Waals surface area contributed by atoms with E-state index in [1.54, 1.807) is 14.2 Å². The van der Waals surface area contributed by atoms with Crippen LogP contribution in [0.5, 0.6) is 17.2 Å². The molecule has 0 atom stereocenters. The van der Waals surface area contributed by atoms with Gasteiger partial charge in [-0.2, -0.15) is 0 Å². The predicted octanol–water partition coefficient (Wildman–Crippen LogP) is 1.46. The maximum Gasteiger partial charge on any atom is 0.203 e. The van der Waals surface area contributed by atoms with E-state index in [0.29, 0.717) is 37.1 Å². The highest BCUT2D eigenvalue weighted by molar-refractivity contribution is 5.50. The molecule has 1 aliphatic heterocycles. The first kappa shape index (κ1) is 12.0. The molecule has 94 valence electrons. The molecule has 1 aromatic rings. The predicted molar refractivity (Wildman–Crippen MR) is 60.7 cm³/mol. The number of para-hydroxylation sites is 1. The minimum atomic E-state index is -0.300. The molecule has 0 unspecified atom stereocenters. The largest absolute Gasteiger partial charge is 0.493 e. The number of hydrogen-bond donors (Lipinski definition) is 0. The molecule has 1 heterocycles. The van der Waals surface area contributed by atoms with Gasteiger partial charge in [0.15, 0.2) is 17.8 Å². The zero-order chi connectivity index (χ0) is 12.1. The third-order valence-corrected chi connectivity index (χ3v) is 2.43. The summed E-state index contributed by atoms with van der Waals surface area (Å²) in [6.45, 7) is 1.57. The minimum absolute atomic E-state index is 0.300. The first-order valence-electron chi connectivity index (χ1n) is 5.42. The standard InChI is InChI=1S/C12H16O5/c1-13-9-4-3-5-10(12(9)14-2)17-8-11-15-6-7-16-11/h3-5,11H,6-8H2,1-2H3. The molecule has 0 radical (unpaired) electrons. The van der Waals surface area contributed by atoms with E-state index in [1.807, 2.05) is 18.2 Å². The summed E-state index contributed by atoms with van der Waals surface area (Å²) in [5, 5.41) is 0. The van der Waals surface area contributed by atoms with E-state index < -0.39 is 0 Å². The fraction of sp³-hybridized carbons (Fsp3) is 0.500. The summed E-state index contributed by atoms with van der Waals surface area (Å²) in [5.41, 5.74) is 0. The van der Waals surface area contributed by atoms with Crippen LogP contribution < -0.4 is 14.2 Å². The van der Waals surface area contributed by atoms with Gasteiger partial charge in [0.1, 0.15) is 6.61 Å². The molecule has 1 saturated heterocycles. The Bertz CT molecular complexity index is 360. The van der Waals surface area contributed by atoms with Crippen LogP contribution in [0.2, 0.25) is 0 Å². The minimum Gasteiger partial charge on any atom is -0.493 e. The molecule has 0 N–H and O–H groups in total. The van der Waals surface area contributed by atoms with Crippen LogP contribution in [0.15, 0.2) is 18.2 Å². The first-order valence-corrected chi connectivity index (χ1v) is 5.42. The van der Waals surface area contributed by atoms with Crippen molar-refractivity contribution in [3.63, 3.8) is 0 Å². The second kappa shape index (κ2) is 5.75. The summed E-state index contributed by atoms with van der Waals surface area (Å²) in [6.07, 6.45) is -0.300. The Morgan fingerprint density at radius 3 is 2.47 bits per heavy atom. The molecule has 1 aliphatic rings. The molecule has 17 heavy (non-hydrogen) atoms. The maximum absolute atomic E-state index is 5.60. The smallest absolute Gasteiger partial charge is 0.203 e. The number of ether oxygens (including phenoxy) is 5. The van der Waals surface area contributed by atoms with Gasteiger partial charge in [0, 0.05) is 0 Å². The normalized spacial score (nSPS) is 15.9. The van der Waals surface area contributed by atoms with E-state index in [-0.39, 0.29) is 6.29 Å². The van der Waals surface area contributed by atoms with Gasteiger partial charge in [-0.25, -0.2) is 0 Å². The van der Waals surface area contributed by atoms with Crippen molar-refractivity contribution in [2.24, 2.45) is 0 Å². The van der Waals surface area contributed by atoms with Crippen LogP contribution in [-0.4, -0.2) is 40.3 Å². The Morgan fingerprint density at radius 1 is 1.12 bits per heavy atom. The highest BCUT2D eigenvalue weighted by Crippen LogP contribution is 2.36. The summed E-state index contributed by atoms with van der Waals surface area (Å²) in [4.78, 5) is 0. The van der Waals surface area contributed by atoms with Crippen molar-refractivity contribution in [1.29, 1.82) is 0 Å². The SMILES string of the molecule is COc1cccc(OCC2OCCO2)c1OC. The molecular weight excluding hydrogens is 224 g/mol. The molecule has 5 heteroatoms. The van der Waals surface area contributed by atoms with E-state index >= 15 is 0 Å². The summed E-state index contributed by atoms with van der Waals surface area (Å²) in [7, 11) is 3.16. The molecule has 1 fully saturated rings. The van der Waals surface area contributed by atoms with Gasteiger partial charge < -0.3 is 23.7 Å². The van der Waals surface area contributed by atoms with Crippen molar-refractivity contribution in [2.45, 2.75) is 6.29 Å². The first-order chi connectivity index (χ1) is 8.35. The zero-order valence-electron chi connectivity index (χ0n) is 9.97. The van der Waals surface area contributed by atoms with Crippen molar-refractivity contribution in [3.05, 3.63) is 18.2 Å². The third-order valence-electron chi connectivity index (χ3n) is 2.43. The lowest BCUT2D eigenvalue weighted by Crippen LogP contribution is -2.18. The molecule has 0 amide bonds. The Labute approximate surface area is 100 Å². The lowest BCUT2D eigenvalue weighted by Gasteiger charge is -2.15. The monoisotopic (exact) mass is 240 g/mol. The van der Waals surface area contributed by atoms with Crippen LogP contribution in [-0.2, 0) is 9.47 Å². The molecule has 0 spiro atoms. The van der Waals surface area contributed by atoms with Crippen LogP contribution in [0, 0.1) is 0 Å². The van der Waals surface area contributed by atoms with Crippen molar-refractivity contribution in [3.8, 4) is 17.2 Å². The average Bonchev–Trinajstić information content (AvgIpc) is 2.88. The number of benzene rings is 1. The van der Waals surface area contributed by atoms with Crippen molar-refractivity contribution < 1.29 is 23.7 Å². The van der Waals surface area contributed by atoms with Gasteiger partial charge in [0.05, 0.1) is 27.4 Å². The van der Waals surface area contributed by atoms with Gasteiger partial charge in [0.2, 0.25) is 5.75 Å². The van der Waals surface area contributed by atoms with Gasteiger partial charge in [-0.05, 0) is 12.1 Å². The number of rotatable bonds is 5. The molecule has 0 aromatic heterocycles. The maximum atomic E-state index is 5.60. The summed E-state index contributed by atoms with van der Waals surface area (Å²) in [6, 6.07) is 5.47. The molecule has 2 rings (SSSR count). The zero-order valence-corrected chi connectivity index (χ0v) is 9.97. The lowest BCUT2D eigenvalue weighted by atomic mass is 10.3. The molecule has 1 aromatic carbocycles. The fourth-order valence-corrected chi connectivity index (χ4v) is 1.63. The fourth-order valence-electron chi connectivity index (χ4n) is 1.63. The average molecular weight is 240 g/mol. The van der Waals surface area contributed by atoms with Gasteiger partial charge in [-0.3, -0.25) is 0 Å². The quantitative estimate of drug-likeness (QED) is 0.779.